The zero-order valence-corrected chi connectivity index (χ0v) is 15.3. The van der Waals surface area contributed by atoms with Crippen LogP contribution in [0.5, 0.6) is 0 Å². The lowest BCUT2D eigenvalue weighted by Crippen LogP contribution is -2.34. The first kappa shape index (κ1) is 18.6. The molecule has 1 amide bonds. The Labute approximate surface area is 149 Å². The van der Waals surface area contributed by atoms with Gasteiger partial charge in [-0.05, 0) is 43.3 Å². The van der Waals surface area contributed by atoms with Gasteiger partial charge in [0.25, 0.3) is 10.0 Å². The Kier molecular flexibility index (Phi) is 5.76. The van der Waals surface area contributed by atoms with E-state index in [0.717, 1.165) is 15.6 Å². The van der Waals surface area contributed by atoms with Gasteiger partial charge in [0.05, 0.1) is 10.9 Å². The molecular weight excluding hydrogens is 372 g/mol. The van der Waals surface area contributed by atoms with Crippen LogP contribution in [0.1, 0.15) is 17.3 Å². The third-order valence-electron chi connectivity index (χ3n) is 3.15. The highest BCUT2D eigenvalue weighted by atomic mass is 35.5. The number of nitrogens with one attached hydrogen (secondary N) is 1. The maximum Gasteiger partial charge on any atom is 0.252 e. The molecule has 24 heavy (non-hydrogen) atoms. The molecule has 128 valence electrons. The van der Waals surface area contributed by atoms with E-state index in [0.29, 0.717) is 15.6 Å². The van der Waals surface area contributed by atoms with E-state index < -0.39 is 15.9 Å². The van der Waals surface area contributed by atoms with Gasteiger partial charge in [-0.15, -0.1) is 11.3 Å². The highest BCUT2D eigenvalue weighted by Gasteiger charge is 2.24. The molecule has 2 rings (SSSR count). The average molecular weight is 387 g/mol. The molecule has 2 aromatic rings. The summed E-state index contributed by atoms with van der Waals surface area (Å²) < 4.78 is 26.0. The maximum atomic E-state index is 12.3. The minimum Gasteiger partial charge on any atom is -0.325 e. The van der Waals surface area contributed by atoms with Crippen LogP contribution in [0.3, 0.4) is 0 Å². The van der Waals surface area contributed by atoms with Crippen molar-refractivity contribution >= 4 is 50.3 Å². The Morgan fingerprint density at radius 1 is 1.17 bits per heavy atom. The summed E-state index contributed by atoms with van der Waals surface area (Å²) in [4.78, 5) is 23.2. The standard InChI is InChI=1S/C15H15ClN2O4S2/c1-10(19)11-3-5-12(6-4-11)17-14(20)9-18(2)24(21,22)15-8-7-13(16)23-15/h3-8H,9H2,1-2H3,(H,17,20). The Balaban J connectivity index is 2.02. The van der Waals surface area contributed by atoms with Crippen molar-refractivity contribution in [2.45, 2.75) is 11.1 Å². The van der Waals surface area contributed by atoms with Gasteiger partial charge in [-0.2, -0.15) is 4.31 Å². The zero-order chi connectivity index (χ0) is 17.9. The normalized spacial score (nSPS) is 11.5. The molecule has 0 atom stereocenters. The number of amides is 1. The number of sulfonamides is 1. The second kappa shape index (κ2) is 7.43. The highest BCUT2D eigenvalue weighted by molar-refractivity contribution is 7.91. The predicted molar refractivity (Wildman–Crippen MR) is 94.2 cm³/mol. The molecule has 0 radical (unpaired) electrons. The molecule has 0 saturated carbocycles. The lowest BCUT2D eigenvalue weighted by molar-refractivity contribution is -0.116. The Morgan fingerprint density at radius 2 is 1.79 bits per heavy atom. The summed E-state index contributed by atoms with van der Waals surface area (Å²) in [5.74, 6) is -0.562. The molecular formula is C15H15ClN2O4S2. The molecule has 1 aromatic carbocycles. The fourth-order valence-electron chi connectivity index (χ4n) is 1.87. The smallest absolute Gasteiger partial charge is 0.252 e. The number of thiophene rings is 1. The van der Waals surface area contributed by atoms with E-state index in [-0.39, 0.29) is 16.5 Å². The second-order valence-electron chi connectivity index (χ2n) is 5.00. The van der Waals surface area contributed by atoms with Gasteiger partial charge in [-0.3, -0.25) is 9.59 Å². The van der Waals surface area contributed by atoms with Crippen LogP contribution in [0.2, 0.25) is 4.34 Å². The van der Waals surface area contributed by atoms with Gasteiger partial charge in [-0.25, -0.2) is 8.42 Å². The van der Waals surface area contributed by atoms with Crippen LogP contribution in [0, 0.1) is 0 Å². The number of halogens is 1. The summed E-state index contributed by atoms with van der Waals surface area (Å²) in [6, 6.07) is 9.24. The van der Waals surface area contributed by atoms with Crippen molar-refractivity contribution in [3.8, 4) is 0 Å². The van der Waals surface area contributed by atoms with Gasteiger partial charge in [-0.1, -0.05) is 11.6 Å². The third-order valence-corrected chi connectivity index (χ3v) is 6.66. The number of carbonyl (C=O) groups is 2. The molecule has 1 aromatic heterocycles. The van der Waals surface area contributed by atoms with Crippen LogP contribution in [0.25, 0.3) is 0 Å². The number of anilines is 1. The van der Waals surface area contributed by atoms with E-state index in [9.17, 15) is 18.0 Å². The molecule has 0 fully saturated rings. The minimum absolute atomic E-state index is 0.0756. The summed E-state index contributed by atoms with van der Waals surface area (Å²) in [6.45, 7) is 1.11. The summed E-state index contributed by atoms with van der Waals surface area (Å²) >= 11 is 6.68. The van der Waals surface area contributed by atoms with Crippen molar-refractivity contribution in [2.24, 2.45) is 0 Å². The largest absolute Gasteiger partial charge is 0.325 e. The number of carbonyl (C=O) groups excluding carboxylic acids is 2. The minimum atomic E-state index is -3.76. The van der Waals surface area contributed by atoms with Gasteiger partial charge in [0.1, 0.15) is 4.21 Å². The van der Waals surface area contributed by atoms with E-state index in [4.69, 9.17) is 11.6 Å². The van der Waals surface area contributed by atoms with Gasteiger partial charge in [0, 0.05) is 18.3 Å². The lowest BCUT2D eigenvalue weighted by Gasteiger charge is -2.15. The Hall–Kier alpha value is -1.74. The fourth-order valence-corrected chi connectivity index (χ4v) is 4.69. The first-order valence-electron chi connectivity index (χ1n) is 6.82. The average Bonchev–Trinajstić information content (AvgIpc) is 2.95. The summed E-state index contributed by atoms with van der Waals surface area (Å²) in [5.41, 5.74) is 1.01. The van der Waals surface area contributed by atoms with Crippen molar-refractivity contribution in [1.82, 2.24) is 4.31 Å². The van der Waals surface area contributed by atoms with Crippen molar-refractivity contribution in [3.05, 3.63) is 46.3 Å². The summed E-state index contributed by atoms with van der Waals surface area (Å²) in [6.07, 6.45) is 0. The molecule has 0 aliphatic heterocycles. The predicted octanol–water partition coefficient (Wildman–Crippen LogP) is 2.86. The zero-order valence-electron chi connectivity index (χ0n) is 12.9. The number of hydrogen-bond acceptors (Lipinski definition) is 5. The van der Waals surface area contributed by atoms with E-state index >= 15 is 0 Å². The summed E-state index contributed by atoms with van der Waals surface area (Å²) in [5, 5.41) is 2.59. The molecule has 0 aliphatic rings. The Bertz CT molecular complexity index is 860. The number of benzene rings is 1. The van der Waals surface area contributed by atoms with Crippen molar-refractivity contribution in [1.29, 1.82) is 0 Å². The van der Waals surface area contributed by atoms with Crippen LogP contribution in [0.4, 0.5) is 5.69 Å². The van der Waals surface area contributed by atoms with Gasteiger partial charge in [0.15, 0.2) is 5.78 Å². The van der Waals surface area contributed by atoms with E-state index in [1.807, 2.05) is 0 Å². The summed E-state index contributed by atoms with van der Waals surface area (Å²) in [7, 11) is -2.44. The van der Waals surface area contributed by atoms with Crippen LogP contribution in [0.15, 0.2) is 40.6 Å². The monoisotopic (exact) mass is 386 g/mol. The van der Waals surface area contributed by atoms with Crippen molar-refractivity contribution in [2.75, 3.05) is 18.9 Å². The molecule has 0 aliphatic carbocycles. The first-order chi connectivity index (χ1) is 11.2. The maximum absolute atomic E-state index is 12.3. The van der Waals surface area contributed by atoms with Crippen LogP contribution >= 0.6 is 22.9 Å². The fraction of sp³-hybridized carbons (Fsp3) is 0.200. The van der Waals surface area contributed by atoms with Gasteiger partial charge < -0.3 is 5.32 Å². The first-order valence-corrected chi connectivity index (χ1v) is 9.46. The molecule has 0 saturated heterocycles. The molecule has 0 spiro atoms. The highest BCUT2D eigenvalue weighted by Crippen LogP contribution is 2.27. The number of ketones is 1. The van der Waals surface area contributed by atoms with Gasteiger partial charge >= 0.3 is 0 Å². The number of hydrogen-bond donors (Lipinski definition) is 1. The molecule has 6 nitrogen and oxygen atoms in total. The van der Waals surface area contributed by atoms with Gasteiger partial charge in [0.2, 0.25) is 5.91 Å². The lowest BCUT2D eigenvalue weighted by atomic mass is 10.1. The van der Waals surface area contributed by atoms with Crippen LogP contribution in [-0.4, -0.2) is 38.0 Å². The van der Waals surface area contributed by atoms with E-state index in [1.54, 1.807) is 24.3 Å². The van der Waals surface area contributed by atoms with E-state index in [1.165, 1.54) is 26.1 Å². The number of nitrogens with zero attached hydrogens (tertiary/aromatic N) is 1. The Morgan fingerprint density at radius 3 is 2.29 bits per heavy atom. The van der Waals surface area contributed by atoms with Crippen LogP contribution in [-0.2, 0) is 14.8 Å². The molecule has 1 N–H and O–H groups in total. The third kappa shape index (κ3) is 4.41. The molecule has 0 unspecified atom stereocenters. The van der Waals surface area contributed by atoms with Crippen molar-refractivity contribution in [3.63, 3.8) is 0 Å². The van der Waals surface area contributed by atoms with Crippen molar-refractivity contribution < 1.29 is 18.0 Å². The SMILES string of the molecule is CC(=O)c1ccc(NC(=O)CN(C)S(=O)(=O)c2ccc(Cl)s2)cc1. The quantitative estimate of drug-likeness (QED) is 0.774. The number of rotatable bonds is 6. The second-order valence-corrected chi connectivity index (χ2v) is 8.99. The molecule has 0 bridgehead atoms. The number of likely N-dealkylation sites (N-methyl/N-ethyl adjacent to an activating group) is 1. The topological polar surface area (TPSA) is 83.6 Å². The van der Waals surface area contributed by atoms with E-state index in [2.05, 4.69) is 5.32 Å². The van der Waals surface area contributed by atoms with Crippen LogP contribution < -0.4 is 5.32 Å². The molecule has 9 heteroatoms. The molecule has 1 heterocycles. The number of Topliss-reactive ketones (excluding diaryl/α,β-unsaturated/α-hetero) is 1.